The summed E-state index contributed by atoms with van der Waals surface area (Å²) >= 11 is 0. The molecule has 2 unspecified atom stereocenters. The Hall–Kier alpha value is -1.95. The monoisotopic (exact) mass is 402 g/mol. The summed E-state index contributed by atoms with van der Waals surface area (Å²) in [6.45, 7) is 3.65. The third kappa shape index (κ3) is 2.98. The van der Waals surface area contributed by atoms with Crippen LogP contribution in [0.1, 0.15) is 52.4 Å². The minimum atomic E-state index is -0.626. The van der Waals surface area contributed by atoms with Crippen molar-refractivity contribution >= 4 is 17.7 Å². The highest BCUT2D eigenvalue weighted by Crippen LogP contribution is 2.63. The van der Waals surface area contributed by atoms with E-state index in [-0.39, 0.29) is 29.3 Å². The summed E-state index contributed by atoms with van der Waals surface area (Å²) in [6.07, 6.45) is 8.17. The van der Waals surface area contributed by atoms with Gasteiger partial charge in [-0.1, -0.05) is 37.1 Å². The van der Waals surface area contributed by atoms with Crippen LogP contribution in [0, 0.1) is 28.6 Å². The molecule has 0 heterocycles. The van der Waals surface area contributed by atoms with E-state index in [1.54, 1.807) is 0 Å². The Morgan fingerprint density at radius 3 is 2.72 bits per heavy atom. The minimum absolute atomic E-state index is 0.0158. The Balaban J connectivity index is 1.74. The van der Waals surface area contributed by atoms with Crippen LogP contribution in [0.25, 0.3) is 0 Å². The number of aliphatic hydroxyl groups excluding tert-OH is 1. The Kier molecular flexibility index (Phi) is 4.96. The molecule has 0 aromatic carbocycles. The molecule has 158 valence electrons. The van der Waals surface area contributed by atoms with Crippen LogP contribution < -0.4 is 0 Å². The van der Waals surface area contributed by atoms with Gasteiger partial charge in [-0.15, -0.1) is 0 Å². The topological polar surface area (TPSA) is 89.9 Å². The Labute approximate surface area is 171 Å². The average molecular weight is 402 g/mol. The molecule has 0 aromatic heterocycles. The summed E-state index contributed by atoms with van der Waals surface area (Å²) in [5.41, 5.74) is 1.78. The summed E-state index contributed by atoms with van der Waals surface area (Å²) in [7, 11) is 1.41. The molecule has 0 bridgehead atoms. The first-order valence-corrected chi connectivity index (χ1v) is 10.6. The highest BCUT2D eigenvalue weighted by atomic mass is 16.6. The zero-order chi connectivity index (χ0) is 21.0. The molecule has 0 amide bonds. The van der Waals surface area contributed by atoms with Gasteiger partial charge in [0.1, 0.15) is 18.5 Å². The van der Waals surface area contributed by atoms with Gasteiger partial charge in [0.25, 0.3) is 0 Å². The maximum Gasteiger partial charge on any atom is 0.332 e. The maximum atomic E-state index is 12.8. The Morgan fingerprint density at radius 2 is 2.03 bits per heavy atom. The zero-order valence-corrected chi connectivity index (χ0v) is 17.4. The molecule has 0 aliphatic heterocycles. The van der Waals surface area contributed by atoms with Crippen molar-refractivity contribution in [3.05, 3.63) is 23.3 Å². The standard InChI is InChI=1S/C23H30O6/c1-22-8-6-14(29-19(26)12-24)10-13(22)11-15(21(27)28-3)20-16-4-5-18(25)23(16,2)9-7-17(20)22/h7,11,14-16,20,24H,4-6,8-10,12H2,1-3H3/t14?,15-,16?,20+,22+,23+/m1/s1. The second-order valence-electron chi connectivity index (χ2n) is 9.46. The molecule has 6 atom stereocenters. The van der Waals surface area contributed by atoms with Gasteiger partial charge >= 0.3 is 11.9 Å². The summed E-state index contributed by atoms with van der Waals surface area (Å²) in [6, 6.07) is 0. The van der Waals surface area contributed by atoms with E-state index in [0.717, 1.165) is 24.8 Å². The Morgan fingerprint density at radius 1 is 1.28 bits per heavy atom. The fourth-order valence-corrected chi connectivity index (χ4v) is 6.41. The first-order chi connectivity index (χ1) is 13.7. The van der Waals surface area contributed by atoms with Crippen LogP contribution in [-0.2, 0) is 23.9 Å². The van der Waals surface area contributed by atoms with Crippen molar-refractivity contribution in [2.75, 3.05) is 13.7 Å². The normalized spacial score (nSPS) is 40.8. The van der Waals surface area contributed by atoms with Crippen LogP contribution in [0.2, 0.25) is 0 Å². The second-order valence-corrected chi connectivity index (χ2v) is 9.46. The van der Waals surface area contributed by atoms with Gasteiger partial charge in [-0.05, 0) is 31.6 Å². The van der Waals surface area contributed by atoms with Gasteiger partial charge in [0.05, 0.1) is 13.0 Å². The second kappa shape index (κ2) is 7.08. The summed E-state index contributed by atoms with van der Waals surface area (Å²) in [4.78, 5) is 37.0. The van der Waals surface area contributed by atoms with E-state index >= 15 is 0 Å². The number of ether oxygens (including phenoxy) is 2. The van der Waals surface area contributed by atoms with Crippen LogP contribution >= 0.6 is 0 Å². The molecule has 0 saturated heterocycles. The number of hydrogen-bond donors (Lipinski definition) is 1. The van der Waals surface area contributed by atoms with Crippen LogP contribution in [0.15, 0.2) is 23.3 Å². The van der Waals surface area contributed by atoms with E-state index in [4.69, 9.17) is 14.6 Å². The number of carbonyl (C=O) groups excluding carboxylic acids is 3. The van der Waals surface area contributed by atoms with Crippen LogP contribution in [0.3, 0.4) is 0 Å². The minimum Gasteiger partial charge on any atom is -0.469 e. The summed E-state index contributed by atoms with van der Waals surface area (Å²) < 4.78 is 10.5. The van der Waals surface area contributed by atoms with Gasteiger partial charge < -0.3 is 14.6 Å². The molecular weight excluding hydrogens is 372 g/mol. The molecule has 4 rings (SSSR count). The van der Waals surface area contributed by atoms with Crippen molar-refractivity contribution in [3.8, 4) is 0 Å². The van der Waals surface area contributed by atoms with E-state index < -0.39 is 23.9 Å². The summed E-state index contributed by atoms with van der Waals surface area (Å²) in [5, 5.41) is 9.00. The lowest BCUT2D eigenvalue weighted by Gasteiger charge is -2.54. The number of fused-ring (bicyclic) bond motifs is 5. The van der Waals surface area contributed by atoms with Gasteiger partial charge in [0.15, 0.2) is 0 Å². The van der Waals surface area contributed by atoms with Crippen molar-refractivity contribution in [2.45, 2.75) is 58.5 Å². The molecule has 4 aliphatic rings. The van der Waals surface area contributed by atoms with Crippen molar-refractivity contribution < 1.29 is 29.0 Å². The number of methoxy groups -OCH3 is 1. The number of allylic oxidation sites excluding steroid dienone is 2. The fourth-order valence-electron chi connectivity index (χ4n) is 6.41. The highest BCUT2D eigenvalue weighted by molar-refractivity contribution is 5.88. The predicted molar refractivity (Wildman–Crippen MR) is 105 cm³/mol. The first kappa shape index (κ1) is 20.3. The molecular formula is C23H30O6. The Bertz CT molecular complexity index is 810. The van der Waals surface area contributed by atoms with E-state index in [9.17, 15) is 14.4 Å². The SMILES string of the molecule is COC(=O)[C@@H]1C=C2CC(OC(=O)CO)CC[C@]2(C)C2=CC[C@]3(C)C(=O)CCC3[C@@H]21. The van der Waals surface area contributed by atoms with E-state index in [1.807, 2.05) is 6.08 Å². The molecule has 2 saturated carbocycles. The van der Waals surface area contributed by atoms with Crippen molar-refractivity contribution in [2.24, 2.45) is 28.6 Å². The van der Waals surface area contributed by atoms with Gasteiger partial charge in [-0.3, -0.25) is 9.59 Å². The third-order valence-corrected chi connectivity index (χ3v) is 8.10. The van der Waals surface area contributed by atoms with E-state index in [2.05, 4.69) is 19.9 Å². The van der Waals surface area contributed by atoms with E-state index in [0.29, 0.717) is 25.0 Å². The average Bonchev–Trinajstić information content (AvgIpc) is 3.02. The maximum absolute atomic E-state index is 12.8. The lowest BCUT2D eigenvalue weighted by atomic mass is 9.50. The first-order valence-electron chi connectivity index (χ1n) is 10.6. The summed E-state index contributed by atoms with van der Waals surface area (Å²) in [5.74, 6) is -0.863. The fraction of sp³-hybridized carbons (Fsp3) is 0.696. The molecule has 1 N–H and O–H groups in total. The number of hydrogen-bond acceptors (Lipinski definition) is 6. The molecule has 4 aliphatic carbocycles. The third-order valence-electron chi connectivity index (χ3n) is 8.10. The van der Waals surface area contributed by atoms with Crippen molar-refractivity contribution in [1.29, 1.82) is 0 Å². The number of rotatable bonds is 3. The number of ketones is 1. The number of carbonyl (C=O) groups is 3. The molecule has 6 heteroatoms. The highest BCUT2D eigenvalue weighted by Gasteiger charge is 2.59. The zero-order valence-electron chi connectivity index (χ0n) is 17.4. The smallest absolute Gasteiger partial charge is 0.332 e. The van der Waals surface area contributed by atoms with Crippen molar-refractivity contribution in [1.82, 2.24) is 0 Å². The molecule has 0 aromatic rings. The van der Waals surface area contributed by atoms with Gasteiger partial charge in [0.2, 0.25) is 0 Å². The lowest BCUT2D eigenvalue weighted by molar-refractivity contribution is -0.154. The molecule has 0 radical (unpaired) electrons. The van der Waals surface area contributed by atoms with Crippen LogP contribution in [0.4, 0.5) is 0 Å². The quantitative estimate of drug-likeness (QED) is 0.577. The van der Waals surface area contributed by atoms with E-state index in [1.165, 1.54) is 12.7 Å². The van der Waals surface area contributed by atoms with Crippen LogP contribution in [0.5, 0.6) is 0 Å². The number of esters is 2. The molecule has 0 spiro atoms. The molecule has 2 fully saturated rings. The predicted octanol–water partition coefficient (Wildman–Crippen LogP) is 2.74. The number of aliphatic hydroxyl groups is 1. The molecule has 29 heavy (non-hydrogen) atoms. The van der Waals surface area contributed by atoms with Gasteiger partial charge in [0, 0.05) is 29.6 Å². The molecule has 6 nitrogen and oxygen atoms in total. The largest absolute Gasteiger partial charge is 0.469 e. The van der Waals surface area contributed by atoms with Crippen LogP contribution in [-0.4, -0.2) is 42.6 Å². The van der Waals surface area contributed by atoms with Gasteiger partial charge in [-0.25, -0.2) is 4.79 Å². The van der Waals surface area contributed by atoms with Gasteiger partial charge in [-0.2, -0.15) is 0 Å². The van der Waals surface area contributed by atoms with Crippen molar-refractivity contribution in [3.63, 3.8) is 0 Å². The lowest BCUT2D eigenvalue weighted by Crippen LogP contribution is -2.49. The number of Topliss-reactive ketones (excluding diaryl/α,β-unsaturated/α-hetero) is 1.